The molecule has 156 valence electrons. The summed E-state index contributed by atoms with van der Waals surface area (Å²) in [6.45, 7) is 0. The Balaban J connectivity index is 1.62. The average molecular weight is 440 g/mol. The number of hydrogen-bond acceptors (Lipinski definition) is 4. The molecule has 0 spiro atoms. The monoisotopic (exact) mass is 440 g/mol. The van der Waals surface area contributed by atoms with Crippen molar-refractivity contribution in [3.05, 3.63) is 94.9 Å². The summed E-state index contributed by atoms with van der Waals surface area (Å²) in [5, 5.41) is 7.81. The van der Waals surface area contributed by atoms with Crippen molar-refractivity contribution in [2.75, 3.05) is 4.90 Å². The number of nitrogens with zero attached hydrogens (tertiary/aromatic N) is 1. The second-order valence-corrected chi connectivity index (χ2v) is 7.59. The van der Waals surface area contributed by atoms with Crippen LogP contribution in [0.25, 0.3) is 6.08 Å². The molecule has 0 unspecified atom stereocenters. The Morgan fingerprint density at radius 2 is 1.58 bits per heavy atom. The Morgan fingerprint density at radius 1 is 0.903 bits per heavy atom. The van der Waals surface area contributed by atoms with E-state index in [2.05, 4.69) is 0 Å². The van der Waals surface area contributed by atoms with Crippen molar-refractivity contribution in [3.63, 3.8) is 0 Å². The van der Waals surface area contributed by atoms with Crippen LogP contribution in [0.2, 0.25) is 0 Å². The van der Waals surface area contributed by atoms with Gasteiger partial charge in [0, 0.05) is 0 Å². The average Bonchev–Trinajstić information content (AvgIpc) is 3.01. The first-order chi connectivity index (χ1) is 14.8. The third-order valence-electron chi connectivity index (χ3n) is 4.41. The molecule has 1 aliphatic heterocycles. The quantitative estimate of drug-likeness (QED) is 0.468. The lowest BCUT2D eigenvalue weighted by molar-refractivity contribution is -0.137. The van der Waals surface area contributed by atoms with Gasteiger partial charge >= 0.3 is 6.18 Å². The van der Waals surface area contributed by atoms with Crippen LogP contribution >= 0.6 is 11.8 Å². The van der Waals surface area contributed by atoms with Crippen molar-refractivity contribution >= 4 is 34.6 Å². The molecule has 8 heteroatoms. The third-order valence-corrected chi connectivity index (χ3v) is 5.30. The zero-order chi connectivity index (χ0) is 22.0. The van der Waals surface area contributed by atoms with Gasteiger partial charge in [-0.1, -0.05) is 42.5 Å². The predicted molar refractivity (Wildman–Crippen MR) is 115 cm³/mol. The highest BCUT2D eigenvalue weighted by atomic mass is 32.2. The molecule has 3 aromatic carbocycles. The van der Waals surface area contributed by atoms with Gasteiger partial charge in [-0.2, -0.15) is 13.2 Å². The van der Waals surface area contributed by atoms with Crippen LogP contribution in [0, 0.1) is 5.41 Å². The summed E-state index contributed by atoms with van der Waals surface area (Å²) < 4.78 is 45.9. The Hall–Kier alpha value is -3.52. The van der Waals surface area contributed by atoms with Gasteiger partial charge in [-0.3, -0.25) is 15.1 Å². The lowest BCUT2D eigenvalue weighted by atomic mass is 10.1. The van der Waals surface area contributed by atoms with Gasteiger partial charge in [0.1, 0.15) is 11.5 Å². The molecule has 1 saturated heterocycles. The first-order valence-electron chi connectivity index (χ1n) is 9.15. The Bertz CT molecular complexity index is 1180. The number of ether oxygens (including phenoxy) is 1. The van der Waals surface area contributed by atoms with Crippen LogP contribution in [0.5, 0.6) is 11.5 Å². The fourth-order valence-corrected chi connectivity index (χ4v) is 3.91. The predicted octanol–water partition coefficient (Wildman–Crippen LogP) is 6.55. The highest BCUT2D eigenvalue weighted by molar-refractivity contribution is 8.19. The van der Waals surface area contributed by atoms with E-state index in [9.17, 15) is 18.0 Å². The second kappa shape index (κ2) is 8.31. The molecule has 0 atom stereocenters. The molecule has 3 aromatic rings. The number of carbonyl (C=O) groups excluding carboxylic acids is 1. The molecule has 0 aromatic heterocycles. The van der Waals surface area contributed by atoms with Crippen LogP contribution < -0.4 is 9.64 Å². The zero-order valence-corrected chi connectivity index (χ0v) is 16.7. The molecular formula is C23H15F3N2O2S. The number of benzene rings is 3. The van der Waals surface area contributed by atoms with Gasteiger partial charge in [0.25, 0.3) is 5.91 Å². The minimum atomic E-state index is -4.64. The molecule has 0 bridgehead atoms. The van der Waals surface area contributed by atoms with E-state index in [-0.39, 0.29) is 15.8 Å². The van der Waals surface area contributed by atoms with Crippen LogP contribution in [-0.4, -0.2) is 11.1 Å². The number of hydrogen-bond donors (Lipinski definition) is 1. The third kappa shape index (κ3) is 4.49. The van der Waals surface area contributed by atoms with Gasteiger partial charge < -0.3 is 4.74 Å². The van der Waals surface area contributed by atoms with Crippen LogP contribution in [-0.2, 0) is 11.0 Å². The number of thioether (sulfide) groups is 1. The standard InChI is InChI=1S/C23H15F3N2O2S/c24-23(25,26)18-11-4-5-12-19(18)28-21(29)20(31-22(28)27)14-15-7-6-10-17(13-15)30-16-8-2-1-3-9-16/h1-14,27H/b20-14-,27-22?. The maximum atomic E-state index is 13.4. The normalized spacial score (nSPS) is 15.6. The van der Waals surface area contributed by atoms with E-state index < -0.39 is 17.6 Å². The first-order valence-corrected chi connectivity index (χ1v) is 9.96. The Labute approximate surface area is 180 Å². The molecule has 0 saturated carbocycles. The molecule has 4 nitrogen and oxygen atoms in total. The summed E-state index contributed by atoms with van der Waals surface area (Å²) in [5.74, 6) is 0.516. The van der Waals surface area contributed by atoms with Crippen molar-refractivity contribution < 1.29 is 22.7 Å². The molecule has 31 heavy (non-hydrogen) atoms. The number of amidine groups is 1. The van der Waals surface area contributed by atoms with Crippen molar-refractivity contribution in [1.29, 1.82) is 5.41 Å². The van der Waals surface area contributed by atoms with Gasteiger partial charge in [0.15, 0.2) is 5.17 Å². The second-order valence-electron chi connectivity index (χ2n) is 6.56. The smallest absolute Gasteiger partial charge is 0.418 e. The molecule has 1 N–H and O–H groups in total. The lowest BCUT2D eigenvalue weighted by Gasteiger charge is -2.19. The maximum absolute atomic E-state index is 13.4. The van der Waals surface area contributed by atoms with E-state index in [1.54, 1.807) is 36.4 Å². The zero-order valence-electron chi connectivity index (χ0n) is 15.9. The van der Waals surface area contributed by atoms with Gasteiger partial charge in [-0.25, -0.2) is 0 Å². The van der Waals surface area contributed by atoms with Crippen molar-refractivity contribution in [2.45, 2.75) is 6.18 Å². The summed E-state index contributed by atoms with van der Waals surface area (Å²) >= 11 is 0.813. The molecule has 1 heterocycles. The summed E-state index contributed by atoms with van der Waals surface area (Å²) in [4.78, 5) is 13.8. The summed E-state index contributed by atoms with van der Waals surface area (Å²) in [5.41, 5.74) is -0.696. The van der Waals surface area contributed by atoms with E-state index in [1.807, 2.05) is 18.2 Å². The van der Waals surface area contributed by atoms with Gasteiger partial charge in [-0.05, 0) is 59.8 Å². The molecule has 1 aliphatic rings. The van der Waals surface area contributed by atoms with E-state index in [0.717, 1.165) is 22.7 Å². The topological polar surface area (TPSA) is 53.4 Å². The molecule has 1 fully saturated rings. The minimum Gasteiger partial charge on any atom is -0.457 e. The largest absolute Gasteiger partial charge is 0.457 e. The fourth-order valence-electron chi connectivity index (χ4n) is 3.06. The van der Waals surface area contributed by atoms with Gasteiger partial charge in [0.2, 0.25) is 0 Å². The van der Waals surface area contributed by atoms with Crippen molar-refractivity contribution in [2.24, 2.45) is 0 Å². The number of alkyl halides is 3. The van der Waals surface area contributed by atoms with E-state index in [4.69, 9.17) is 10.1 Å². The summed E-state index contributed by atoms with van der Waals surface area (Å²) in [6.07, 6.45) is -3.10. The molecule has 0 radical (unpaired) electrons. The number of para-hydroxylation sites is 2. The lowest BCUT2D eigenvalue weighted by Crippen LogP contribution is -2.30. The molecule has 0 aliphatic carbocycles. The number of anilines is 1. The van der Waals surface area contributed by atoms with Crippen LogP contribution in [0.3, 0.4) is 0 Å². The van der Waals surface area contributed by atoms with Gasteiger partial charge in [0.05, 0.1) is 16.2 Å². The van der Waals surface area contributed by atoms with Crippen molar-refractivity contribution in [1.82, 2.24) is 0 Å². The fraction of sp³-hybridized carbons (Fsp3) is 0.0435. The number of nitrogens with one attached hydrogen (secondary N) is 1. The highest BCUT2D eigenvalue weighted by Gasteiger charge is 2.40. The molecule has 1 amide bonds. The first kappa shape index (κ1) is 20.7. The van der Waals surface area contributed by atoms with E-state index in [0.29, 0.717) is 17.1 Å². The van der Waals surface area contributed by atoms with E-state index >= 15 is 0 Å². The Kier molecular flexibility index (Phi) is 5.56. The van der Waals surface area contributed by atoms with Crippen LogP contribution in [0.1, 0.15) is 11.1 Å². The van der Waals surface area contributed by atoms with E-state index in [1.165, 1.54) is 24.3 Å². The number of rotatable bonds is 4. The van der Waals surface area contributed by atoms with Crippen LogP contribution in [0.15, 0.2) is 83.8 Å². The number of carbonyl (C=O) groups is 1. The SMILES string of the molecule is N=C1S/C(=C\c2cccc(Oc3ccccc3)c2)C(=O)N1c1ccccc1C(F)(F)F. The summed E-state index contributed by atoms with van der Waals surface area (Å²) in [7, 11) is 0. The van der Waals surface area contributed by atoms with Crippen molar-refractivity contribution in [3.8, 4) is 11.5 Å². The number of halogens is 3. The number of amides is 1. The van der Waals surface area contributed by atoms with Crippen LogP contribution in [0.4, 0.5) is 18.9 Å². The minimum absolute atomic E-state index is 0.152. The Morgan fingerprint density at radius 3 is 2.32 bits per heavy atom. The highest BCUT2D eigenvalue weighted by Crippen LogP contribution is 2.42. The molecule has 4 rings (SSSR count). The van der Waals surface area contributed by atoms with Gasteiger partial charge in [-0.15, -0.1) is 0 Å². The molecular weight excluding hydrogens is 425 g/mol. The maximum Gasteiger partial charge on any atom is 0.418 e. The summed E-state index contributed by atoms with van der Waals surface area (Å²) in [6, 6.07) is 20.9.